The Labute approximate surface area is 225 Å². The smallest absolute Gasteiger partial charge is 0.303 e. The number of carboxylic acid groups (broad SMARTS) is 2. The van der Waals surface area contributed by atoms with Crippen LogP contribution in [0, 0.1) is 5.92 Å². The van der Waals surface area contributed by atoms with Crippen molar-refractivity contribution in [2.75, 3.05) is 13.6 Å². The third kappa shape index (κ3) is 6.22. The number of carbonyl (C=O) groups is 3. The number of aliphatic carboxylic acids is 2. The van der Waals surface area contributed by atoms with E-state index < -0.39 is 11.9 Å². The van der Waals surface area contributed by atoms with E-state index >= 15 is 0 Å². The number of carbonyl (C=O) groups excluding carboxylic acids is 1. The van der Waals surface area contributed by atoms with E-state index in [0.717, 1.165) is 32.2 Å². The predicted molar refractivity (Wildman–Crippen MR) is 147 cm³/mol. The first-order valence-electron chi connectivity index (χ1n) is 14.0. The van der Waals surface area contributed by atoms with Crippen LogP contribution in [-0.4, -0.2) is 63.2 Å². The van der Waals surface area contributed by atoms with Gasteiger partial charge in [0, 0.05) is 47.2 Å². The number of amides is 1. The molecule has 3 atom stereocenters. The zero-order valence-electron chi connectivity index (χ0n) is 23.2. The largest absolute Gasteiger partial charge is 0.481 e. The van der Waals surface area contributed by atoms with Crippen molar-refractivity contribution in [3.8, 4) is 0 Å². The van der Waals surface area contributed by atoms with E-state index in [-0.39, 0.29) is 30.2 Å². The first-order valence-corrected chi connectivity index (χ1v) is 14.0. The number of piperidine rings is 1. The molecule has 5 rings (SSSR count). The highest BCUT2D eigenvalue weighted by molar-refractivity contribution is 5.89. The van der Waals surface area contributed by atoms with Crippen LogP contribution in [0.4, 0.5) is 0 Å². The van der Waals surface area contributed by atoms with Crippen LogP contribution in [0.25, 0.3) is 10.9 Å². The van der Waals surface area contributed by atoms with Crippen molar-refractivity contribution in [2.24, 2.45) is 5.92 Å². The van der Waals surface area contributed by atoms with E-state index in [2.05, 4.69) is 67.0 Å². The van der Waals surface area contributed by atoms with Gasteiger partial charge in [-0.1, -0.05) is 31.4 Å². The molecule has 1 aliphatic heterocycles. The van der Waals surface area contributed by atoms with Gasteiger partial charge in [-0.2, -0.15) is 0 Å². The van der Waals surface area contributed by atoms with Crippen LogP contribution < -0.4 is 5.32 Å². The number of rotatable bonds is 5. The molecule has 208 valence electrons. The lowest BCUT2D eigenvalue weighted by molar-refractivity contribution is -0.143. The van der Waals surface area contributed by atoms with Crippen LogP contribution in [0.15, 0.2) is 24.4 Å². The lowest BCUT2D eigenvalue weighted by atomic mass is 9.72. The van der Waals surface area contributed by atoms with Crippen LogP contribution in [-0.2, 0) is 26.3 Å². The summed E-state index contributed by atoms with van der Waals surface area (Å²) in [6, 6.07) is 7.71. The topological polar surface area (TPSA) is 112 Å². The van der Waals surface area contributed by atoms with Gasteiger partial charge in [-0.3, -0.25) is 14.4 Å². The van der Waals surface area contributed by atoms with Crippen LogP contribution in [0.3, 0.4) is 0 Å². The highest BCUT2D eigenvalue weighted by Crippen LogP contribution is 2.45. The number of aromatic nitrogens is 1. The molecular weight excluding hydrogens is 482 g/mol. The second kappa shape index (κ2) is 11.5. The third-order valence-corrected chi connectivity index (χ3v) is 8.44. The second-order valence-electron chi connectivity index (χ2n) is 12.3. The third-order valence-electron chi connectivity index (χ3n) is 8.44. The van der Waals surface area contributed by atoms with Crippen molar-refractivity contribution in [3.05, 3.63) is 35.5 Å². The summed E-state index contributed by atoms with van der Waals surface area (Å²) >= 11 is 0. The van der Waals surface area contributed by atoms with Crippen molar-refractivity contribution in [3.63, 3.8) is 0 Å². The summed E-state index contributed by atoms with van der Waals surface area (Å²) in [5, 5.41) is 20.7. The van der Waals surface area contributed by atoms with E-state index in [9.17, 15) is 14.4 Å². The maximum absolute atomic E-state index is 13.2. The molecular formula is C30H43N3O5. The molecule has 1 saturated heterocycles. The monoisotopic (exact) mass is 525 g/mol. The van der Waals surface area contributed by atoms with Gasteiger partial charge in [0.2, 0.25) is 5.91 Å². The van der Waals surface area contributed by atoms with Gasteiger partial charge in [0.15, 0.2) is 0 Å². The molecule has 1 aromatic carbocycles. The van der Waals surface area contributed by atoms with Gasteiger partial charge in [0.05, 0.1) is 18.8 Å². The number of nitrogens with zero attached hydrogens (tertiary/aromatic N) is 2. The second-order valence-corrected chi connectivity index (χ2v) is 12.3. The molecule has 0 bridgehead atoms. The van der Waals surface area contributed by atoms with Gasteiger partial charge in [-0.15, -0.1) is 0 Å². The SMILES string of the molecule is CN1C[C@H](C(=O)NC2CCCCC2)CC2c3cccc4c3c(cn4C(C)(C)C)C[C@H]21.O=C(O)CCC(=O)O. The van der Waals surface area contributed by atoms with Crippen LogP contribution in [0.2, 0.25) is 0 Å². The molecule has 1 unspecified atom stereocenters. The summed E-state index contributed by atoms with van der Waals surface area (Å²) in [7, 11) is 2.23. The quantitative estimate of drug-likeness (QED) is 0.520. The van der Waals surface area contributed by atoms with E-state index in [1.807, 2.05) is 0 Å². The lowest BCUT2D eigenvalue weighted by Gasteiger charge is -2.45. The van der Waals surface area contributed by atoms with E-state index in [4.69, 9.17) is 10.2 Å². The molecule has 8 heteroatoms. The zero-order valence-corrected chi connectivity index (χ0v) is 23.2. The Balaban J connectivity index is 0.000000368. The molecule has 1 saturated carbocycles. The number of hydrogen-bond acceptors (Lipinski definition) is 4. The highest BCUT2D eigenvalue weighted by atomic mass is 16.4. The predicted octanol–water partition coefficient (Wildman–Crippen LogP) is 4.74. The number of hydrogen-bond donors (Lipinski definition) is 3. The molecule has 1 amide bonds. The number of carboxylic acids is 2. The zero-order chi connectivity index (χ0) is 27.6. The minimum atomic E-state index is -1.08. The van der Waals surface area contributed by atoms with Crippen LogP contribution in [0.5, 0.6) is 0 Å². The van der Waals surface area contributed by atoms with Gasteiger partial charge >= 0.3 is 11.9 Å². The number of likely N-dealkylation sites (tertiary alicyclic amines) is 1. The number of benzene rings is 1. The summed E-state index contributed by atoms with van der Waals surface area (Å²) in [4.78, 5) is 34.9. The van der Waals surface area contributed by atoms with Crippen LogP contribution >= 0.6 is 0 Å². The Hall–Kier alpha value is -2.87. The Morgan fingerprint density at radius 3 is 2.29 bits per heavy atom. The molecule has 2 aromatic rings. The van der Waals surface area contributed by atoms with Crippen molar-refractivity contribution in [1.29, 1.82) is 0 Å². The average molecular weight is 526 g/mol. The molecule has 1 aromatic heterocycles. The van der Waals surface area contributed by atoms with Crippen molar-refractivity contribution < 1.29 is 24.6 Å². The van der Waals surface area contributed by atoms with Gasteiger partial charge in [-0.25, -0.2) is 0 Å². The molecule has 0 radical (unpaired) electrons. The maximum Gasteiger partial charge on any atom is 0.303 e. The van der Waals surface area contributed by atoms with Gasteiger partial charge in [0.25, 0.3) is 0 Å². The summed E-state index contributed by atoms with van der Waals surface area (Å²) in [6.07, 6.45) is 10.0. The van der Waals surface area contributed by atoms with E-state index in [1.54, 1.807) is 0 Å². The minimum absolute atomic E-state index is 0.0684. The fourth-order valence-corrected chi connectivity index (χ4v) is 6.57. The molecule has 2 heterocycles. The Bertz CT molecular complexity index is 1160. The highest BCUT2D eigenvalue weighted by Gasteiger charge is 2.42. The summed E-state index contributed by atoms with van der Waals surface area (Å²) in [6.45, 7) is 7.73. The van der Waals surface area contributed by atoms with Crippen molar-refractivity contribution in [1.82, 2.24) is 14.8 Å². The summed E-state index contributed by atoms with van der Waals surface area (Å²) in [5.74, 6) is -1.32. The number of fused-ring (bicyclic) bond motifs is 2. The average Bonchev–Trinajstić information content (AvgIpc) is 3.25. The molecule has 3 aliphatic rings. The van der Waals surface area contributed by atoms with Crippen LogP contribution in [0.1, 0.15) is 89.2 Å². The fraction of sp³-hybridized carbons (Fsp3) is 0.633. The molecule has 3 N–H and O–H groups in total. The van der Waals surface area contributed by atoms with Crippen molar-refractivity contribution >= 4 is 28.7 Å². The van der Waals surface area contributed by atoms with E-state index in [0.29, 0.717) is 18.0 Å². The molecule has 8 nitrogen and oxygen atoms in total. The van der Waals surface area contributed by atoms with Gasteiger partial charge in [0.1, 0.15) is 0 Å². The summed E-state index contributed by atoms with van der Waals surface area (Å²) < 4.78 is 2.45. The first kappa shape index (κ1) is 28.1. The van der Waals surface area contributed by atoms with Crippen molar-refractivity contribution in [2.45, 2.75) is 102 Å². The maximum atomic E-state index is 13.2. The Morgan fingerprint density at radius 2 is 1.68 bits per heavy atom. The normalized spacial score (nSPS) is 23.7. The minimum Gasteiger partial charge on any atom is -0.481 e. The first-order chi connectivity index (χ1) is 18.0. The molecule has 0 spiro atoms. The summed E-state index contributed by atoms with van der Waals surface area (Å²) in [5.41, 5.74) is 4.36. The van der Waals surface area contributed by atoms with Gasteiger partial charge < -0.3 is 25.0 Å². The molecule has 2 fully saturated rings. The van der Waals surface area contributed by atoms with Gasteiger partial charge in [-0.05, 0) is 70.7 Å². The standard InChI is InChI=1S/C26H37N3O.C4H6O4/c1-26(2,3)29-16-17-14-23-21(20-11-8-12-22(29)24(17)20)13-18(15-28(23)4)25(30)27-19-9-6-5-7-10-19;5-3(6)1-2-4(7)8/h8,11-12,16,18-19,21,23H,5-7,9-10,13-15H2,1-4H3,(H,27,30);1-2H2,(H,5,6)(H,7,8)/t18-,21?,23-;/m1./s1. The molecule has 2 aliphatic carbocycles. The number of likely N-dealkylation sites (N-methyl/N-ethyl adjacent to an activating group) is 1. The number of nitrogens with one attached hydrogen (secondary N) is 1. The molecule has 38 heavy (non-hydrogen) atoms. The Kier molecular flexibility index (Phi) is 8.50. The fourth-order valence-electron chi connectivity index (χ4n) is 6.57. The lowest BCUT2D eigenvalue weighted by Crippen LogP contribution is -2.52. The Morgan fingerprint density at radius 1 is 1.03 bits per heavy atom. The van der Waals surface area contributed by atoms with E-state index in [1.165, 1.54) is 41.3 Å².